The third-order valence-electron chi connectivity index (χ3n) is 4.83. The van der Waals surface area contributed by atoms with Crippen LogP contribution in [0, 0.1) is 6.92 Å². The Labute approximate surface area is 167 Å². The monoisotopic (exact) mass is 392 g/mol. The van der Waals surface area contributed by atoms with E-state index in [-0.39, 0.29) is 6.04 Å². The maximum atomic E-state index is 13.1. The molecule has 0 unspecified atom stereocenters. The summed E-state index contributed by atoms with van der Waals surface area (Å²) in [5, 5.41) is 4.19. The van der Waals surface area contributed by atoms with Gasteiger partial charge in [0.05, 0.1) is 17.1 Å². The molecule has 4 rings (SSSR count). The number of hydrogen-bond acceptors (Lipinski definition) is 2. The number of hydrogen-bond donors (Lipinski definition) is 1. The summed E-state index contributed by atoms with van der Waals surface area (Å²) in [5.41, 5.74) is 3.15. The van der Waals surface area contributed by atoms with Crippen molar-refractivity contribution >= 4 is 16.6 Å². The molecule has 0 aliphatic carbocycles. The third-order valence-corrected chi connectivity index (χ3v) is 4.83. The first-order valence-corrected chi connectivity index (χ1v) is 9.27. The Balaban J connectivity index is 1.82. The Kier molecular flexibility index (Phi) is 4.97. The summed E-state index contributed by atoms with van der Waals surface area (Å²) in [6.07, 6.45) is -4.40. The number of nitrogens with one attached hydrogen (secondary N) is 1. The van der Waals surface area contributed by atoms with Crippen molar-refractivity contribution in [3.8, 4) is 0 Å². The summed E-state index contributed by atoms with van der Waals surface area (Å²) >= 11 is 0. The molecule has 29 heavy (non-hydrogen) atoms. The topological polar surface area (TPSA) is 24.9 Å². The van der Waals surface area contributed by atoms with Crippen molar-refractivity contribution in [2.45, 2.75) is 19.1 Å². The SMILES string of the molecule is Cc1cc(NC(c2ccccc2)c2ccccc2)c2ccc(C(F)(F)F)cc2n1. The maximum Gasteiger partial charge on any atom is 0.416 e. The van der Waals surface area contributed by atoms with E-state index < -0.39 is 11.7 Å². The number of anilines is 1. The molecule has 0 radical (unpaired) electrons. The van der Waals surface area contributed by atoms with E-state index in [1.165, 1.54) is 6.07 Å². The van der Waals surface area contributed by atoms with E-state index >= 15 is 0 Å². The normalized spacial score (nSPS) is 11.8. The van der Waals surface area contributed by atoms with Gasteiger partial charge < -0.3 is 5.32 Å². The van der Waals surface area contributed by atoms with Crippen LogP contribution in [-0.4, -0.2) is 4.98 Å². The molecule has 0 fully saturated rings. The molecule has 3 aromatic carbocycles. The number of rotatable bonds is 4. The van der Waals surface area contributed by atoms with Gasteiger partial charge in [-0.1, -0.05) is 66.7 Å². The minimum Gasteiger partial charge on any atom is -0.374 e. The molecular formula is C24H19F3N2. The van der Waals surface area contributed by atoms with Crippen LogP contribution in [0.15, 0.2) is 84.9 Å². The van der Waals surface area contributed by atoms with E-state index in [0.29, 0.717) is 16.6 Å². The quantitative estimate of drug-likeness (QED) is 0.415. The van der Waals surface area contributed by atoms with Gasteiger partial charge in [0.1, 0.15) is 0 Å². The molecule has 1 heterocycles. The van der Waals surface area contributed by atoms with E-state index in [1.54, 1.807) is 6.92 Å². The van der Waals surface area contributed by atoms with Crippen LogP contribution < -0.4 is 5.32 Å². The van der Waals surface area contributed by atoms with E-state index in [0.717, 1.165) is 28.9 Å². The van der Waals surface area contributed by atoms with Gasteiger partial charge in [0.2, 0.25) is 0 Å². The number of alkyl halides is 3. The van der Waals surface area contributed by atoms with Crippen molar-refractivity contribution < 1.29 is 13.2 Å². The Hall–Kier alpha value is -3.34. The lowest BCUT2D eigenvalue weighted by molar-refractivity contribution is -0.137. The van der Waals surface area contributed by atoms with E-state index in [2.05, 4.69) is 10.3 Å². The van der Waals surface area contributed by atoms with Gasteiger partial charge in [0.25, 0.3) is 0 Å². The minimum atomic E-state index is -4.40. The standard InChI is InChI=1S/C24H19F3N2/c1-16-14-21(20-13-12-19(24(25,26)27)15-22(20)28-16)29-23(17-8-4-2-5-9-17)18-10-6-3-7-11-18/h2-15,23H,1H3,(H,28,29). The van der Waals surface area contributed by atoms with Crippen LogP contribution in [0.5, 0.6) is 0 Å². The predicted octanol–water partition coefficient (Wildman–Crippen LogP) is 6.76. The largest absolute Gasteiger partial charge is 0.416 e. The van der Waals surface area contributed by atoms with Crippen LogP contribution in [0.3, 0.4) is 0 Å². The first-order chi connectivity index (χ1) is 13.9. The second kappa shape index (κ2) is 7.59. The number of pyridine rings is 1. The number of aryl methyl sites for hydroxylation is 1. The molecule has 146 valence electrons. The zero-order valence-electron chi connectivity index (χ0n) is 15.7. The van der Waals surface area contributed by atoms with Gasteiger partial charge in [-0.25, -0.2) is 0 Å². The van der Waals surface area contributed by atoms with Gasteiger partial charge >= 0.3 is 6.18 Å². The lowest BCUT2D eigenvalue weighted by atomic mass is 9.98. The van der Waals surface area contributed by atoms with Crippen LogP contribution in [0.2, 0.25) is 0 Å². The van der Waals surface area contributed by atoms with Crippen molar-refractivity contribution in [3.63, 3.8) is 0 Å². The van der Waals surface area contributed by atoms with Crippen LogP contribution in [-0.2, 0) is 6.18 Å². The highest BCUT2D eigenvalue weighted by molar-refractivity contribution is 5.92. The fraction of sp³-hybridized carbons (Fsp3) is 0.125. The number of halogens is 3. The highest BCUT2D eigenvalue weighted by atomic mass is 19.4. The highest BCUT2D eigenvalue weighted by Crippen LogP contribution is 2.35. The molecule has 0 amide bonds. The molecule has 0 aliphatic heterocycles. The lowest BCUT2D eigenvalue weighted by Gasteiger charge is -2.22. The van der Waals surface area contributed by atoms with Crippen molar-refractivity contribution in [2.24, 2.45) is 0 Å². The van der Waals surface area contributed by atoms with Gasteiger partial charge in [-0.3, -0.25) is 4.98 Å². The van der Waals surface area contributed by atoms with Gasteiger partial charge in [-0.05, 0) is 36.2 Å². The number of benzene rings is 3. The molecule has 5 heteroatoms. The van der Waals surface area contributed by atoms with E-state index in [9.17, 15) is 13.2 Å². The molecular weight excluding hydrogens is 373 g/mol. The molecule has 0 aliphatic rings. The van der Waals surface area contributed by atoms with Gasteiger partial charge in [0, 0.05) is 16.8 Å². The summed E-state index contributed by atoms with van der Waals surface area (Å²) < 4.78 is 39.4. The Morgan fingerprint density at radius 1 is 0.793 bits per heavy atom. The molecule has 0 atom stereocenters. The number of aromatic nitrogens is 1. The first-order valence-electron chi connectivity index (χ1n) is 9.27. The summed E-state index contributed by atoms with van der Waals surface area (Å²) in [5.74, 6) is 0. The third kappa shape index (κ3) is 4.09. The lowest BCUT2D eigenvalue weighted by Crippen LogP contribution is -2.13. The average molecular weight is 392 g/mol. The van der Waals surface area contributed by atoms with Crippen molar-refractivity contribution in [3.05, 3.63) is 107 Å². The first kappa shape index (κ1) is 19.0. The maximum absolute atomic E-state index is 13.1. The Bertz CT molecular complexity index is 1080. The average Bonchev–Trinajstić information content (AvgIpc) is 2.72. The zero-order chi connectivity index (χ0) is 20.4. The fourth-order valence-corrected chi connectivity index (χ4v) is 3.46. The predicted molar refractivity (Wildman–Crippen MR) is 110 cm³/mol. The second-order valence-corrected chi connectivity index (χ2v) is 6.94. The summed E-state index contributed by atoms with van der Waals surface area (Å²) in [6, 6.07) is 25.3. The molecule has 0 bridgehead atoms. The Morgan fingerprint density at radius 3 is 1.93 bits per heavy atom. The molecule has 1 aromatic heterocycles. The van der Waals surface area contributed by atoms with Gasteiger partial charge in [0.15, 0.2) is 0 Å². The molecule has 0 saturated carbocycles. The highest BCUT2D eigenvalue weighted by Gasteiger charge is 2.30. The zero-order valence-corrected chi connectivity index (χ0v) is 15.7. The summed E-state index contributed by atoms with van der Waals surface area (Å²) in [4.78, 5) is 4.32. The van der Waals surface area contributed by atoms with E-state index in [4.69, 9.17) is 0 Å². The molecule has 0 spiro atoms. The fourth-order valence-electron chi connectivity index (χ4n) is 3.46. The molecule has 4 aromatic rings. The van der Waals surface area contributed by atoms with Crippen molar-refractivity contribution in [1.82, 2.24) is 4.98 Å². The van der Waals surface area contributed by atoms with Crippen molar-refractivity contribution in [1.29, 1.82) is 0 Å². The van der Waals surface area contributed by atoms with Crippen LogP contribution in [0.1, 0.15) is 28.4 Å². The summed E-state index contributed by atoms with van der Waals surface area (Å²) in [7, 11) is 0. The smallest absolute Gasteiger partial charge is 0.374 e. The molecule has 0 saturated heterocycles. The van der Waals surface area contributed by atoms with Gasteiger partial charge in [-0.15, -0.1) is 0 Å². The van der Waals surface area contributed by atoms with Crippen LogP contribution >= 0.6 is 0 Å². The number of nitrogens with zero attached hydrogens (tertiary/aromatic N) is 1. The van der Waals surface area contributed by atoms with Gasteiger partial charge in [-0.2, -0.15) is 13.2 Å². The Morgan fingerprint density at radius 2 is 1.38 bits per heavy atom. The van der Waals surface area contributed by atoms with Crippen molar-refractivity contribution in [2.75, 3.05) is 5.32 Å². The molecule has 2 nitrogen and oxygen atoms in total. The van der Waals surface area contributed by atoms with E-state index in [1.807, 2.05) is 66.7 Å². The minimum absolute atomic E-state index is 0.148. The molecule has 1 N–H and O–H groups in total. The van der Waals surface area contributed by atoms with Crippen LogP contribution in [0.4, 0.5) is 18.9 Å². The second-order valence-electron chi connectivity index (χ2n) is 6.94. The van der Waals surface area contributed by atoms with Crippen LogP contribution in [0.25, 0.3) is 10.9 Å². The summed E-state index contributed by atoms with van der Waals surface area (Å²) in [6.45, 7) is 1.78. The number of fused-ring (bicyclic) bond motifs is 1.